The van der Waals surface area contributed by atoms with E-state index in [-0.39, 0.29) is 16.7 Å². The third kappa shape index (κ3) is 4.73. The number of amides is 1. The molecule has 2 aliphatic rings. The van der Waals surface area contributed by atoms with Gasteiger partial charge in [0.2, 0.25) is 0 Å². The first-order chi connectivity index (χ1) is 18.2. The predicted octanol–water partition coefficient (Wildman–Crippen LogP) is 8.30. The van der Waals surface area contributed by atoms with E-state index in [9.17, 15) is 4.79 Å². The van der Waals surface area contributed by atoms with Gasteiger partial charge in [-0.25, -0.2) is 4.98 Å². The highest BCUT2D eigenvalue weighted by Gasteiger charge is 2.37. The molecule has 1 aliphatic carbocycles. The Labute approximate surface area is 233 Å². The number of fused-ring (bicyclic) bond motifs is 1. The van der Waals surface area contributed by atoms with Crippen LogP contribution < -0.4 is 0 Å². The minimum Gasteiger partial charge on any atom is -0.338 e. The summed E-state index contributed by atoms with van der Waals surface area (Å²) >= 11 is 3.31. The molecule has 0 unspecified atom stereocenters. The number of benzene rings is 1. The molecule has 1 aromatic carbocycles. The lowest BCUT2D eigenvalue weighted by Gasteiger charge is -2.42. The van der Waals surface area contributed by atoms with Crippen molar-refractivity contribution in [3.63, 3.8) is 0 Å². The van der Waals surface area contributed by atoms with E-state index in [1.165, 1.54) is 45.9 Å². The second-order valence-corrected chi connectivity index (χ2v) is 14.0. The Morgan fingerprint density at radius 3 is 2.42 bits per heavy atom. The number of pyridine rings is 1. The molecule has 1 amide bonds. The van der Waals surface area contributed by atoms with Crippen LogP contribution >= 0.6 is 22.7 Å². The topological polar surface area (TPSA) is 46.1 Å². The molecule has 4 heterocycles. The van der Waals surface area contributed by atoms with E-state index in [1.807, 2.05) is 35.2 Å². The van der Waals surface area contributed by atoms with Gasteiger partial charge in [-0.2, -0.15) is 0 Å². The van der Waals surface area contributed by atoms with Crippen LogP contribution in [0.4, 0.5) is 0 Å². The van der Waals surface area contributed by atoms with Crippen molar-refractivity contribution in [1.29, 1.82) is 0 Å². The van der Waals surface area contributed by atoms with E-state index >= 15 is 0 Å². The Hall–Kier alpha value is -2.83. The van der Waals surface area contributed by atoms with Gasteiger partial charge in [-0.3, -0.25) is 9.78 Å². The number of likely N-dealkylation sites (tertiary alicyclic amines) is 1. The van der Waals surface area contributed by atoms with Gasteiger partial charge in [0.15, 0.2) is 0 Å². The van der Waals surface area contributed by atoms with Crippen molar-refractivity contribution in [2.24, 2.45) is 0 Å². The highest BCUT2D eigenvalue weighted by molar-refractivity contribution is 7.17. The van der Waals surface area contributed by atoms with Crippen molar-refractivity contribution in [2.45, 2.75) is 70.1 Å². The van der Waals surface area contributed by atoms with Gasteiger partial charge in [0.1, 0.15) is 0 Å². The summed E-state index contributed by atoms with van der Waals surface area (Å²) in [4.78, 5) is 26.6. The number of thiophene rings is 1. The third-order valence-corrected chi connectivity index (χ3v) is 10.6. The molecular formula is C32H35N3OS2. The van der Waals surface area contributed by atoms with Gasteiger partial charge in [0, 0.05) is 36.1 Å². The molecule has 4 nitrogen and oxygen atoms in total. The summed E-state index contributed by atoms with van der Waals surface area (Å²) in [5.41, 5.74) is 6.62. The maximum atomic E-state index is 13.2. The van der Waals surface area contributed by atoms with Gasteiger partial charge in [0.25, 0.3) is 5.91 Å². The number of carbonyl (C=O) groups excluding carboxylic acids is 1. The quantitative estimate of drug-likeness (QED) is 0.261. The fourth-order valence-corrected chi connectivity index (χ4v) is 7.89. The number of thiazole rings is 1. The Balaban J connectivity index is 1.13. The second kappa shape index (κ2) is 9.73. The maximum absolute atomic E-state index is 13.2. The number of nitrogens with zero attached hydrogens (tertiary/aromatic N) is 3. The largest absolute Gasteiger partial charge is 0.338 e. The van der Waals surface area contributed by atoms with Gasteiger partial charge >= 0.3 is 0 Å². The maximum Gasteiger partial charge on any atom is 0.263 e. The molecule has 1 fully saturated rings. The SMILES string of the molecule is CC1(C)CCC(C)(C)c2cc(-c3csc(C4CCN(C(=O)c5ccc(-c6ccccn6)s5)CC4)n3)ccc21. The summed E-state index contributed by atoms with van der Waals surface area (Å²) < 4.78 is 0. The molecule has 0 N–H and O–H groups in total. The zero-order valence-corrected chi connectivity index (χ0v) is 24.3. The van der Waals surface area contributed by atoms with Crippen molar-refractivity contribution in [2.75, 3.05) is 13.1 Å². The predicted molar refractivity (Wildman–Crippen MR) is 158 cm³/mol. The molecule has 3 aromatic heterocycles. The molecule has 0 radical (unpaired) electrons. The van der Waals surface area contributed by atoms with Crippen LogP contribution in [0.3, 0.4) is 0 Å². The van der Waals surface area contributed by atoms with Crippen molar-refractivity contribution in [3.8, 4) is 21.8 Å². The molecule has 0 spiro atoms. The van der Waals surface area contributed by atoms with Crippen LogP contribution in [0.25, 0.3) is 21.8 Å². The fraction of sp³-hybridized carbons (Fsp3) is 0.406. The first-order valence-corrected chi connectivity index (χ1v) is 15.3. The summed E-state index contributed by atoms with van der Waals surface area (Å²) in [5.74, 6) is 0.549. The van der Waals surface area contributed by atoms with Crippen molar-refractivity contribution in [3.05, 3.63) is 81.1 Å². The molecular weight excluding hydrogens is 507 g/mol. The fourth-order valence-electron chi connectivity index (χ4n) is 5.94. The normalized spacial score (nSPS) is 18.8. The standard InChI is InChI=1S/C32H35N3OS2/c1-31(2)14-15-32(3,4)24-19-22(8-9-23(24)31)26-20-37-29(34-26)21-12-17-35(18-13-21)30(36)28-11-10-27(38-28)25-7-5-6-16-33-25/h5-11,16,19-21H,12-15,17-18H2,1-4H3. The van der Waals surface area contributed by atoms with Crippen LogP contribution in [0, 0.1) is 0 Å². The molecule has 1 saturated heterocycles. The van der Waals surface area contributed by atoms with Gasteiger partial charge in [-0.15, -0.1) is 22.7 Å². The molecule has 0 atom stereocenters. The molecule has 6 rings (SSSR count). The van der Waals surface area contributed by atoms with E-state index in [4.69, 9.17) is 4.98 Å². The van der Waals surface area contributed by atoms with E-state index in [1.54, 1.807) is 17.5 Å². The van der Waals surface area contributed by atoms with E-state index < -0.39 is 0 Å². The number of carbonyl (C=O) groups is 1. The summed E-state index contributed by atoms with van der Waals surface area (Å²) in [6.45, 7) is 11.0. The van der Waals surface area contributed by atoms with E-state index in [0.29, 0.717) is 5.92 Å². The van der Waals surface area contributed by atoms with Crippen LogP contribution in [-0.4, -0.2) is 33.9 Å². The van der Waals surface area contributed by atoms with Crippen LogP contribution in [-0.2, 0) is 10.8 Å². The average molecular weight is 542 g/mol. The number of rotatable bonds is 4. The van der Waals surface area contributed by atoms with E-state index in [0.717, 1.165) is 47.1 Å². The van der Waals surface area contributed by atoms with Crippen LogP contribution in [0.15, 0.2) is 60.1 Å². The highest BCUT2D eigenvalue weighted by atomic mass is 32.1. The molecule has 1 aliphatic heterocycles. The van der Waals surface area contributed by atoms with Gasteiger partial charge in [-0.1, -0.05) is 45.9 Å². The summed E-state index contributed by atoms with van der Waals surface area (Å²) in [5, 5.41) is 3.43. The Morgan fingerprint density at radius 1 is 0.921 bits per heavy atom. The first kappa shape index (κ1) is 25.4. The van der Waals surface area contributed by atoms with Crippen LogP contribution in [0.2, 0.25) is 0 Å². The molecule has 4 aromatic rings. The van der Waals surface area contributed by atoms with Crippen molar-refractivity contribution >= 4 is 28.6 Å². The lowest BCUT2D eigenvalue weighted by atomic mass is 9.63. The monoisotopic (exact) mass is 541 g/mol. The lowest BCUT2D eigenvalue weighted by Crippen LogP contribution is -2.37. The zero-order chi connectivity index (χ0) is 26.5. The number of aromatic nitrogens is 2. The minimum absolute atomic E-state index is 0.134. The average Bonchev–Trinajstić information content (AvgIpc) is 3.62. The summed E-state index contributed by atoms with van der Waals surface area (Å²) in [6, 6.07) is 16.8. The number of hydrogen-bond donors (Lipinski definition) is 0. The van der Waals surface area contributed by atoms with Crippen molar-refractivity contribution < 1.29 is 4.79 Å². The summed E-state index contributed by atoms with van der Waals surface area (Å²) in [6.07, 6.45) is 6.15. The second-order valence-electron chi connectivity index (χ2n) is 12.0. The zero-order valence-electron chi connectivity index (χ0n) is 22.7. The van der Waals surface area contributed by atoms with Crippen LogP contribution in [0.1, 0.15) is 85.1 Å². The molecule has 196 valence electrons. The lowest BCUT2D eigenvalue weighted by molar-refractivity contribution is 0.0718. The highest BCUT2D eigenvalue weighted by Crippen LogP contribution is 2.47. The van der Waals surface area contributed by atoms with Gasteiger partial charge in [0.05, 0.1) is 26.1 Å². The molecule has 38 heavy (non-hydrogen) atoms. The molecule has 0 bridgehead atoms. The summed E-state index contributed by atoms with van der Waals surface area (Å²) in [7, 11) is 0. The molecule has 0 saturated carbocycles. The van der Waals surface area contributed by atoms with Gasteiger partial charge in [-0.05, 0) is 78.0 Å². The Morgan fingerprint density at radius 2 is 1.68 bits per heavy atom. The molecule has 6 heteroatoms. The van der Waals surface area contributed by atoms with Gasteiger partial charge < -0.3 is 4.90 Å². The van der Waals surface area contributed by atoms with Crippen LogP contribution in [0.5, 0.6) is 0 Å². The Kier molecular flexibility index (Phi) is 6.51. The number of hydrogen-bond acceptors (Lipinski definition) is 5. The number of piperidine rings is 1. The third-order valence-electron chi connectivity index (χ3n) is 8.54. The van der Waals surface area contributed by atoms with Crippen molar-refractivity contribution in [1.82, 2.24) is 14.9 Å². The first-order valence-electron chi connectivity index (χ1n) is 13.6. The van der Waals surface area contributed by atoms with E-state index in [2.05, 4.69) is 56.3 Å². The minimum atomic E-state index is 0.134. The Bertz CT molecular complexity index is 1460. The smallest absolute Gasteiger partial charge is 0.263 e.